The number of rotatable bonds is 5. The number of carbonyl (C=O) groups excluding carboxylic acids is 3. The lowest BCUT2D eigenvalue weighted by atomic mass is 9.92. The first-order chi connectivity index (χ1) is 14.6. The van der Waals surface area contributed by atoms with Gasteiger partial charge in [0.25, 0.3) is 5.91 Å². The van der Waals surface area contributed by atoms with Crippen molar-refractivity contribution in [3.63, 3.8) is 0 Å². The summed E-state index contributed by atoms with van der Waals surface area (Å²) in [6.07, 6.45) is 1.74. The SMILES string of the molecule is CC(C)(C)c1cc(NC(=O)CCCN2C(=O)c3ccccc3N3C(=O)CCC23C)n[nH]1. The summed E-state index contributed by atoms with van der Waals surface area (Å²) < 4.78 is 0. The quantitative estimate of drug-likeness (QED) is 0.770. The van der Waals surface area contributed by atoms with Crippen LogP contribution in [-0.2, 0) is 15.0 Å². The van der Waals surface area contributed by atoms with Gasteiger partial charge in [0.15, 0.2) is 5.82 Å². The molecule has 1 atom stereocenters. The molecule has 2 N–H and O–H groups in total. The largest absolute Gasteiger partial charge is 0.315 e. The van der Waals surface area contributed by atoms with E-state index in [1.807, 2.05) is 25.1 Å². The van der Waals surface area contributed by atoms with Crippen molar-refractivity contribution < 1.29 is 14.4 Å². The van der Waals surface area contributed by atoms with Crippen LogP contribution in [0.1, 0.15) is 69.4 Å². The number of para-hydroxylation sites is 1. The Kier molecular flexibility index (Phi) is 5.11. The van der Waals surface area contributed by atoms with Gasteiger partial charge < -0.3 is 10.2 Å². The molecular formula is C23H29N5O3. The van der Waals surface area contributed by atoms with E-state index in [-0.39, 0.29) is 29.6 Å². The fraction of sp³-hybridized carbons (Fsp3) is 0.478. The predicted octanol–water partition coefficient (Wildman–Crippen LogP) is 3.42. The molecule has 3 amide bonds. The van der Waals surface area contributed by atoms with E-state index in [9.17, 15) is 14.4 Å². The molecule has 1 fully saturated rings. The molecule has 2 aliphatic rings. The standard InChI is InChI=1S/C23H29N5O3/c1-22(2,3)17-14-18(26-25-17)24-19(29)10-7-13-27-21(31)15-8-5-6-9-16(15)28-20(30)11-12-23(27,28)4/h5-6,8-9,14H,7,10-13H2,1-4H3,(H2,24,25,26,29). The van der Waals surface area contributed by atoms with Crippen LogP contribution in [0.4, 0.5) is 11.5 Å². The number of H-pyrrole nitrogens is 1. The lowest BCUT2D eigenvalue weighted by Gasteiger charge is -2.48. The van der Waals surface area contributed by atoms with E-state index < -0.39 is 5.66 Å². The number of nitrogens with one attached hydrogen (secondary N) is 2. The van der Waals surface area contributed by atoms with Gasteiger partial charge in [0.2, 0.25) is 11.8 Å². The minimum absolute atomic E-state index is 0.0263. The Balaban J connectivity index is 1.42. The molecule has 2 aromatic rings. The van der Waals surface area contributed by atoms with E-state index >= 15 is 0 Å². The van der Waals surface area contributed by atoms with Crippen molar-refractivity contribution >= 4 is 29.2 Å². The second-order valence-corrected chi connectivity index (χ2v) is 9.49. The summed E-state index contributed by atoms with van der Waals surface area (Å²) in [5.41, 5.74) is 1.38. The normalized spacial score (nSPS) is 20.6. The highest BCUT2D eigenvalue weighted by Gasteiger charge is 2.52. The molecule has 1 unspecified atom stereocenters. The van der Waals surface area contributed by atoms with E-state index in [0.29, 0.717) is 42.9 Å². The lowest BCUT2D eigenvalue weighted by Crippen LogP contribution is -2.62. The van der Waals surface area contributed by atoms with Crippen LogP contribution in [0.3, 0.4) is 0 Å². The minimum Gasteiger partial charge on any atom is -0.315 e. The number of fused-ring (bicyclic) bond motifs is 3. The van der Waals surface area contributed by atoms with Crippen LogP contribution in [0.15, 0.2) is 30.3 Å². The van der Waals surface area contributed by atoms with Gasteiger partial charge in [-0.05, 0) is 31.9 Å². The maximum Gasteiger partial charge on any atom is 0.257 e. The molecule has 0 bridgehead atoms. The van der Waals surface area contributed by atoms with Gasteiger partial charge in [-0.15, -0.1) is 0 Å². The number of aromatic amines is 1. The van der Waals surface area contributed by atoms with E-state index in [1.54, 1.807) is 21.9 Å². The van der Waals surface area contributed by atoms with Gasteiger partial charge in [0, 0.05) is 36.6 Å². The number of aromatic nitrogens is 2. The zero-order valence-corrected chi connectivity index (χ0v) is 18.5. The summed E-state index contributed by atoms with van der Waals surface area (Å²) in [7, 11) is 0. The monoisotopic (exact) mass is 423 g/mol. The smallest absolute Gasteiger partial charge is 0.257 e. The summed E-state index contributed by atoms with van der Waals surface area (Å²) in [6.45, 7) is 8.53. The van der Waals surface area contributed by atoms with Crippen molar-refractivity contribution in [1.29, 1.82) is 0 Å². The first-order valence-electron chi connectivity index (χ1n) is 10.7. The third-order valence-corrected chi connectivity index (χ3v) is 6.18. The molecule has 3 heterocycles. The summed E-state index contributed by atoms with van der Waals surface area (Å²) in [5.74, 6) is 0.281. The number of nitrogens with zero attached hydrogens (tertiary/aromatic N) is 3. The van der Waals surface area contributed by atoms with Crippen molar-refractivity contribution in [3.8, 4) is 0 Å². The molecule has 0 radical (unpaired) electrons. The Morgan fingerprint density at radius 3 is 2.71 bits per heavy atom. The third-order valence-electron chi connectivity index (χ3n) is 6.18. The molecule has 1 aromatic carbocycles. The topological polar surface area (TPSA) is 98.4 Å². The predicted molar refractivity (Wildman–Crippen MR) is 118 cm³/mol. The molecule has 4 rings (SSSR count). The minimum atomic E-state index is -0.692. The molecule has 8 heteroatoms. The lowest BCUT2D eigenvalue weighted by molar-refractivity contribution is -0.118. The van der Waals surface area contributed by atoms with Crippen molar-refractivity contribution in [3.05, 3.63) is 41.6 Å². The fourth-order valence-corrected chi connectivity index (χ4v) is 4.41. The van der Waals surface area contributed by atoms with Crippen molar-refractivity contribution in [2.75, 3.05) is 16.8 Å². The number of hydrogen-bond acceptors (Lipinski definition) is 4. The highest BCUT2D eigenvalue weighted by atomic mass is 16.2. The molecular weight excluding hydrogens is 394 g/mol. The summed E-state index contributed by atoms with van der Waals surface area (Å²) in [6, 6.07) is 9.08. The first kappa shape index (κ1) is 21.1. The van der Waals surface area contributed by atoms with E-state index in [4.69, 9.17) is 0 Å². The van der Waals surface area contributed by atoms with Crippen LogP contribution in [-0.4, -0.2) is 45.0 Å². The Morgan fingerprint density at radius 1 is 1.26 bits per heavy atom. The molecule has 1 saturated heterocycles. The van der Waals surface area contributed by atoms with E-state index in [0.717, 1.165) is 5.69 Å². The zero-order valence-electron chi connectivity index (χ0n) is 18.5. The molecule has 8 nitrogen and oxygen atoms in total. The number of anilines is 2. The van der Waals surface area contributed by atoms with Gasteiger partial charge >= 0.3 is 0 Å². The second kappa shape index (κ2) is 7.51. The molecule has 0 aliphatic carbocycles. The number of amides is 3. The summed E-state index contributed by atoms with van der Waals surface area (Å²) in [5, 5.41) is 9.92. The van der Waals surface area contributed by atoms with Gasteiger partial charge in [-0.25, -0.2) is 0 Å². The van der Waals surface area contributed by atoms with Gasteiger partial charge in [-0.2, -0.15) is 5.10 Å². The average molecular weight is 424 g/mol. The van der Waals surface area contributed by atoms with Crippen LogP contribution >= 0.6 is 0 Å². The van der Waals surface area contributed by atoms with Crippen LogP contribution in [0.25, 0.3) is 0 Å². The Morgan fingerprint density at radius 2 is 2.00 bits per heavy atom. The highest BCUT2D eigenvalue weighted by molar-refractivity contribution is 6.10. The van der Waals surface area contributed by atoms with Crippen LogP contribution in [0, 0.1) is 0 Å². The fourth-order valence-electron chi connectivity index (χ4n) is 4.41. The number of hydrogen-bond donors (Lipinski definition) is 2. The summed E-state index contributed by atoms with van der Waals surface area (Å²) in [4.78, 5) is 41.7. The van der Waals surface area contributed by atoms with E-state index in [1.165, 1.54) is 0 Å². The maximum absolute atomic E-state index is 13.2. The van der Waals surface area contributed by atoms with Gasteiger partial charge in [-0.1, -0.05) is 32.9 Å². The number of carbonyl (C=O) groups is 3. The van der Waals surface area contributed by atoms with Crippen molar-refractivity contribution in [2.24, 2.45) is 0 Å². The highest BCUT2D eigenvalue weighted by Crippen LogP contribution is 2.44. The van der Waals surface area contributed by atoms with Gasteiger partial charge in [-0.3, -0.25) is 24.4 Å². The molecule has 1 aromatic heterocycles. The average Bonchev–Trinajstić information content (AvgIpc) is 3.29. The Labute approximate surface area is 182 Å². The van der Waals surface area contributed by atoms with Gasteiger partial charge in [0.05, 0.1) is 11.3 Å². The molecule has 31 heavy (non-hydrogen) atoms. The van der Waals surface area contributed by atoms with Crippen LogP contribution in [0.2, 0.25) is 0 Å². The second-order valence-electron chi connectivity index (χ2n) is 9.49. The van der Waals surface area contributed by atoms with E-state index in [2.05, 4.69) is 36.3 Å². The molecule has 164 valence electrons. The van der Waals surface area contributed by atoms with Gasteiger partial charge in [0.1, 0.15) is 5.66 Å². The first-order valence-corrected chi connectivity index (χ1v) is 10.7. The molecule has 0 spiro atoms. The van der Waals surface area contributed by atoms with Crippen LogP contribution in [0.5, 0.6) is 0 Å². The van der Waals surface area contributed by atoms with Crippen molar-refractivity contribution in [1.82, 2.24) is 15.1 Å². The molecule has 2 aliphatic heterocycles. The number of benzene rings is 1. The summed E-state index contributed by atoms with van der Waals surface area (Å²) >= 11 is 0. The Hall–Kier alpha value is -3.16. The maximum atomic E-state index is 13.2. The Bertz CT molecular complexity index is 1040. The zero-order chi connectivity index (χ0) is 22.4. The molecule has 0 saturated carbocycles. The third kappa shape index (κ3) is 3.71. The van der Waals surface area contributed by atoms with Crippen LogP contribution < -0.4 is 10.2 Å². The van der Waals surface area contributed by atoms with Crippen molar-refractivity contribution in [2.45, 2.75) is 64.5 Å².